The summed E-state index contributed by atoms with van der Waals surface area (Å²) in [4.78, 5) is 1.13. The molecule has 0 spiro atoms. The molecule has 0 amide bonds. The summed E-state index contributed by atoms with van der Waals surface area (Å²) in [5, 5.41) is 10.4. The molecule has 18 heavy (non-hydrogen) atoms. The molecule has 1 N–H and O–H groups in total. The second-order valence-electron chi connectivity index (χ2n) is 3.79. The lowest BCUT2D eigenvalue weighted by Crippen LogP contribution is -1.85. The molecule has 0 aliphatic rings. The van der Waals surface area contributed by atoms with E-state index in [2.05, 4.69) is 0 Å². The highest BCUT2D eigenvalue weighted by Crippen LogP contribution is 2.31. The molecule has 0 saturated heterocycles. The van der Waals surface area contributed by atoms with Gasteiger partial charge in [0.05, 0.1) is 6.61 Å². The molecule has 2 aromatic rings. The van der Waals surface area contributed by atoms with Gasteiger partial charge in [0.15, 0.2) is 0 Å². The highest BCUT2D eigenvalue weighted by Gasteiger charge is 2.05. The van der Waals surface area contributed by atoms with Gasteiger partial charge in [0, 0.05) is 20.7 Å². The molecule has 1 nitrogen and oxygen atoms in total. The van der Waals surface area contributed by atoms with Crippen LogP contribution < -0.4 is 0 Å². The fourth-order valence-corrected chi connectivity index (χ4v) is 3.16. The van der Waals surface area contributed by atoms with Crippen molar-refractivity contribution in [2.45, 2.75) is 17.3 Å². The Morgan fingerprint density at radius 3 is 2.11 bits per heavy atom. The predicted octanol–water partition coefficient (Wildman–Crippen LogP) is 4.78. The number of halogens is 2. The standard InChI is InChI=1S/C14H12Cl2OS/c15-13-2-1-3-14(16)12(13)9-18-11-6-4-10(8-17)5-7-11/h1-7,17H,8-9H2. The molecule has 0 aliphatic carbocycles. The lowest BCUT2D eigenvalue weighted by Gasteiger charge is -2.07. The number of hydrogen-bond acceptors (Lipinski definition) is 2. The normalized spacial score (nSPS) is 10.6. The number of benzene rings is 2. The van der Waals surface area contributed by atoms with Gasteiger partial charge in [0.1, 0.15) is 0 Å². The molecule has 94 valence electrons. The van der Waals surface area contributed by atoms with Crippen LogP contribution in [0.15, 0.2) is 47.4 Å². The van der Waals surface area contributed by atoms with Crippen LogP contribution in [0.2, 0.25) is 10.0 Å². The molecule has 0 aliphatic heterocycles. The first kappa shape index (κ1) is 13.8. The van der Waals surface area contributed by atoms with Gasteiger partial charge in [-0.2, -0.15) is 0 Å². The Bertz CT molecular complexity index is 506. The average molecular weight is 299 g/mol. The average Bonchev–Trinajstić information content (AvgIpc) is 2.39. The third-order valence-electron chi connectivity index (χ3n) is 2.55. The van der Waals surface area contributed by atoms with Gasteiger partial charge in [0.2, 0.25) is 0 Å². The highest BCUT2D eigenvalue weighted by atomic mass is 35.5. The summed E-state index contributed by atoms with van der Waals surface area (Å²) < 4.78 is 0. The minimum Gasteiger partial charge on any atom is -0.392 e. The molecule has 2 rings (SSSR count). The van der Waals surface area contributed by atoms with Gasteiger partial charge >= 0.3 is 0 Å². The zero-order valence-corrected chi connectivity index (χ0v) is 11.9. The molecule has 0 aromatic heterocycles. The van der Waals surface area contributed by atoms with Crippen molar-refractivity contribution in [2.24, 2.45) is 0 Å². The van der Waals surface area contributed by atoms with Crippen molar-refractivity contribution in [3.05, 3.63) is 63.6 Å². The fraction of sp³-hybridized carbons (Fsp3) is 0.143. The molecular formula is C14H12Cl2OS. The SMILES string of the molecule is OCc1ccc(SCc2c(Cl)cccc2Cl)cc1. The fourth-order valence-electron chi connectivity index (χ4n) is 1.52. The summed E-state index contributed by atoms with van der Waals surface area (Å²) in [6, 6.07) is 13.3. The Morgan fingerprint density at radius 1 is 0.944 bits per heavy atom. The van der Waals surface area contributed by atoms with E-state index in [0.29, 0.717) is 10.0 Å². The summed E-state index contributed by atoms with van der Waals surface area (Å²) in [7, 11) is 0. The molecule has 0 saturated carbocycles. The van der Waals surface area contributed by atoms with Crippen LogP contribution >= 0.6 is 35.0 Å². The van der Waals surface area contributed by atoms with E-state index < -0.39 is 0 Å². The van der Waals surface area contributed by atoms with Crippen LogP contribution in [0.3, 0.4) is 0 Å². The first-order chi connectivity index (χ1) is 8.70. The Labute approximate surface area is 121 Å². The third-order valence-corrected chi connectivity index (χ3v) is 4.30. The van der Waals surface area contributed by atoms with Gasteiger partial charge in [-0.15, -0.1) is 11.8 Å². The van der Waals surface area contributed by atoms with Crippen molar-refractivity contribution in [1.82, 2.24) is 0 Å². The summed E-state index contributed by atoms with van der Waals surface area (Å²) in [6.07, 6.45) is 0. The predicted molar refractivity (Wildman–Crippen MR) is 78.4 cm³/mol. The van der Waals surface area contributed by atoms with Gasteiger partial charge in [-0.1, -0.05) is 41.4 Å². The zero-order chi connectivity index (χ0) is 13.0. The summed E-state index contributed by atoms with van der Waals surface area (Å²) >= 11 is 13.9. The molecule has 0 radical (unpaired) electrons. The van der Waals surface area contributed by atoms with E-state index in [0.717, 1.165) is 21.8 Å². The van der Waals surface area contributed by atoms with Crippen molar-refractivity contribution in [1.29, 1.82) is 0 Å². The van der Waals surface area contributed by atoms with Crippen LogP contribution in [-0.2, 0) is 12.4 Å². The van der Waals surface area contributed by atoms with Gasteiger partial charge in [0.25, 0.3) is 0 Å². The van der Waals surface area contributed by atoms with Gasteiger partial charge in [-0.25, -0.2) is 0 Å². The first-order valence-corrected chi connectivity index (χ1v) is 7.20. The molecule has 0 bridgehead atoms. The summed E-state index contributed by atoms with van der Waals surface area (Å²) in [5.41, 5.74) is 1.87. The first-order valence-electron chi connectivity index (χ1n) is 5.46. The van der Waals surface area contributed by atoms with Crippen LogP contribution in [0, 0.1) is 0 Å². The maximum atomic E-state index is 8.97. The van der Waals surface area contributed by atoms with E-state index in [4.69, 9.17) is 28.3 Å². The molecule has 0 unspecified atom stereocenters. The van der Waals surface area contributed by atoms with Crippen molar-refractivity contribution in [2.75, 3.05) is 0 Å². The number of aliphatic hydroxyl groups excluding tert-OH is 1. The molecule has 0 heterocycles. The highest BCUT2D eigenvalue weighted by molar-refractivity contribution is 7.98. The Balaban J connectivity index is 2.06. The Morgan fingerprint density at radius 2 is 1.56 bits per heavy atom. The monoisotopic (exact) mass is 298 g/mol. The Kier molecular flexibility index (Phi) is 4.95. The van der Waals surface area contributed by atoms with Gasteiger partial charge < -0.3 is 5.11 Å². The topological polar surface area (TPSA) is 20.2 Å². The number of thioether (sulfide) groups is 1. The number of hydrogen-bond donors (Lipinski definition) is 1. The third kappa shape index (κ3) is 3.42. The molecule has 0 fully saturated rings. The van der Waals surface area contributed by atoms with Crippen molar-refractivity contribution in [3.8, 4) is 0 Å². The molecular weight excluding hydrogens is 287 g/mol. The molecule has 2 aromatic carbocycles. The van der Waals surface area contributed by atoms with E-state index in [1.807, 2.05) is 42.5 Å². The van der Waals surface area contributed by atoms with E-state index in [-0.39, 0.29) is 6.61 Å². The van der Waals surface area contributed by atoms with Crippen molar-refractivity contribution < 1.29 is 5.11 Å². The maximum absolute atomic E-state index is 8.97. The largest absolute Gasteiger partial charge is 0.392 e. The van der Waals surface area contributed by atoms with Crippen molar-refractivity contribution >= 4 is 35.0 Å². The van der Waals surface area contributed by atoms with Gasteiger partial charge in [-0.05, 0) is 35.4 Å². The van der Waals surface area contributed by atoms with E-state index in [9.17, 15) is 0 Å². The lowest BCUT2D eigenvalue weighted by molar-refractivity contribution is 0.282. The van der Waals surface area contributed by atoms with Gasteiger partial charge in [-0.3, -0.25) is 0 Å². The summed E-state index contributed by atoms with van der Waals surface area (Å²) in [5.74, 6) is 0.733. The lowest BCUT2D eigenvalue weighted by atomic mass is 10.2. The zero-order valence-electron chi connectivity index (χ0n) is 9.57. The van der Waals surface area contributed by atoms with Crippen LogP contribution in [0.25, 0.3) is 0 Å². The van der Waals surface area contributed by atoms with E-state index in [1.165, 1.54) is 0 Å². The molecule has 4 heteroatoms. The van der Waals surface area contributed by atoms with Crippen LogP contribution in [-0.4, -0.2) is 5.11 Å². The smallest absolute Gasteiger partial charge is 0.0681 e. The van der Waals surface area contributed by atoms with E-state index in [1.54, 1.807) is 11.8 Å². The van der Waals surface area contributed by atoms with E-state index >= 15 is 0 Å². The number of rotatable bonds is 4. The molecule has 0 atom stereocenters. The Hall–Kier alpha value is -0.670. The summed E-state index contributed by atoms with van der Waals surface area (Å²) in [6.45, 7) is 0.0707. The minimum atomic E-state index is 0.0707. The quantitative estimate of drug-likeness (QED) is 0.820. The second kappa shape index (κ2) is 6.48. The van der Waals surface area contributed by atoms with Crippen molar-refractivity contribution in [3.63, 3.8) is 0 Å². The maximum Gasteiger partial charge on any atom is 0.0681 e. The van der Waals surface area contributed by atoms with Crippen LogP contribution in [0.4, 0.5) is 0 Å². The second-order valence-corrected chi connectivity index (χ2v) is 5.65. The van der Waals surface area contributed by atoms with Crippen LogP contribution in [0.5, 0.6) is 0 Å². The minimum absolute atomic E-state index is 0.0707. The number of aliphatic hydroxyl groups is 1. The van der Waals surface area contributed by atoms with Crippen LogP contribution in [0.1, 0.15) is 11.1 Å².